The van der Waals surface area contributed by atoms with Crippen molar-refractivity contribution in [3.05, 3.63) is 23.8 Å². The van der Waals surface area contributed by atoms with E-state index in [2.05, 4.69) is 39.8 Å². The Morgan fingerprint density at radius 2 is 2.05 bits per heavy atom. The quantitative estimate of drug-likeness (QED) is 0.651. The van der Waals surface area contributed by atoms with Crippen molar-refractivity contribution in [1.82, 2.24) is 0 Å². The van der Waals surface area contributed by atoms with E-state index in [0.717, 1.165) is 25.7 Å². The molecule has 0 bridgehead atoms. The van der Waals surface area contributed by atoms with Gasteiger partial charge in [-0.25, -0.2) is 0 Å². The topological polar surface area (TPSA) is 26.3 Å². The Labute approximate surface area is 129 Å². The Morgan fingerprint density at radius 1 is 1.38 bits per heavy atom. The molecule has 1 saturated carbocycles. The Kier molecular flexibility index (Phi) is 4.95. The fourth-order valence-corrected chi connectivity index (χ4v) is 3.19. The number of hydrogen-bond acceptors (Lipinski definition) is 2. The summed E-state index contributed by atoms with van der Waals surface area (Å²) in [6.07, 6.45) is 13.8. The number of carbonyl (C=O) groups excluding carboxylic acids is 1. The molecule has 1 fully saturated rings. The third-order valence-corrected chi connectivity index (χ3v) is 5.13. The summed E-state index contributed by atoms with van der Waals surface area (Å²) in [6, 6.07) is 0. The van der Waals surface area contributed by atoms with Crippen LogP contribution in [0.25, 0.3) is 0 Å². The number of esters is 1. The lowest BCUT2D eigenvalue weighted by molar-refractivity contribution is -0.160. The minimum Gasteiger partial charge on any atom is -0.459 e. The van der Waals surface area contributed by atoms with Crippen LogP contribution in [-0.2, 0) is 9.53 Å². The van der Waals surface area contributed by atoms with Gasteiger partial charge < -0.3 is 4.74 Å². The zero-order valence-corrected chi connectivity index (χ0v) is 14.1. The molecular formula is C19H30O2. The summed E-state index contributed by atoms with van der Waals surface area (Å²) in [5.41, 5.74) is 1.48. The molecule has 1 atom stereocenters. The average molecular weight is 290 g/mol. The third-order valence-electron chi connectivity index (χ3n) is 5.13. The van der Waals surface area contributed by atoms with Crippen LogP contribution in [0.15, 0.2) is 23.8 Å². The van der Waals surface area contributed by atoms with Crippen molar-refractivity contribution in [1.29, 1.82) is 0 Å². The second-order valence-corrected chi connectivity index (χ2v) is 7.75. The Morgan fingerprint density at radius 3 is 2.57 bits per heavy atom. The van der Waals surface area contributed by atoms with E-state index in [1.807, 2.05) is 6.08 Å². The first-order valence-corrected chi connectivity index (χ1v) is 8.44. The highest BCUT2D eigenvalue weighted by Crippen LogP contribution is 2.35. The molecule has 2 rings (SSSR count). The Hall–Kier alpha value is -1.05. The Bertz CT molecular complexity index is 436. The standard InChI is InChI=1S/C19H30O2/c1-5-18(2,3)14-15-8-10-16(11-9-15)17(20)21-19(4)12-6-7-13-19/h8-10,16H,5-7,11-14H2,1-4H3. The van der Waals surface area contributed by atoms with Gasteiger partial charge >= 0.3 is 5.97 Å². The maximum atomic E-state index is 12.3. The van der Waals surface area contributed by atoms with Crippen LogP contribution in [0.1, 0.15) is 72.6 Å². The van der Waals surface area contributed by atoms with Gasteiger partial charge in [0.05, 0.1) is 5.92 Å². The largest absolute Gasteiger partial charge is 0.459 e. The molecule has 2 nitrogen and oxygen atoms in total. The molecule has 0 saturated heterocycles. The van der Waals surface area contributed by atoms with Crippen LogP contribution < -0.4 is 0 Å². The van der Waals surface area contributed by atoms with Crippen LogP contribution >= 0.6 is 0 Å². The summed E-state index contributed by atoms with van der Waals surface area (Å²) in [6.45, 7) is 8.90. The normalized spacial score (nSPS) is 24.8. The van der Waals surface area contributed by atoms with Gasteiger partial charge in [-0.1, -0.05) is 51.0 Å². The molecule has 0 aromatic rings. The maximum absolute atomic E-state index is 12.3. The molecule has 118 valence electrons. The zero-order chi connectivity index (χ0) is 15.5. The van der Waals surface area contributed by atoms with E-state index in [1.54, 1.807) is 0 Å². The first-order chi connectivity index (χ1) is 9.84. The van der Waals surface area contributed by atoms with E-state index in [9.17, 15) is 4.79 Å². The zero-order valence-electron chi connectivity index (χ0n) is 14.1. The highest BCUT2D eigenvalue weighted by Gasteiger charge is 2.34. The third kappa shape index (κ3) is 4.46. The monoisotopic (exact) mass is 290 g/mol. The molecule has 2 aliphatic rings. The second-order valence-electron chi connectivity index (χ2n) is 7.75. The number of rotatable bonds is 5. The SMILES string of the molecule is CCC(C)(C)CC1=CCC(C(=O)OC2(C)CCCC2)C=C1. The molecule has 1 unspecified atom stereocenters. The maximum Gasteiger partial charge on any atom is 0.313 e. The summed E-state index contributed by atoms with van der Waals surface area (Å²) in [4.78, 5) is 12.3. The molecule has 2 heteroatoms. The van der Waals surface area contributed by atoms with Gasteiger partial charge in [-0.2, -0.15) is 0 Å². The molecule has 2 aliphatic carbocycles. The van der Waals surface area contributed by atoms with Crippen molar-refractivity contribution in [2.45, 2.75) is 78.2 Å². The minimum atomic E-state index is -0.209. The lowest BCUT2D eigenvalue weighted by atomic mass is 9.81. The summed E-state index contributed by atoms with van der Waals surface area (Å²) in [5, 5.41) is 0. The van der Waals surface area contributed by atoms with E-state index >= 15 is 0 Å². The molecule has 21 heavy (non-hydrogen) atoms. The van der Waals surface area contributed by atoms with Crippen LogP contribution in [0.2, 0.25) is 0 Å². The second kappa shape index (κ2) is 6.37. The minimum absolute atomic E-state index is 0.0410. The first kappa shape index (κ1) is 16.3. The van der Waals surface area contributed by atoms with Gasteiger partial charge in [0, 0.05) is 0 Å². The molecule has 0 heterocycles. The van der Waals surface area contributed by atoms with Crippen molar-refractivity contribution < 1.29 is 9.53 Å². The fraction of sp³-hybridized carbons (Fsp3) is 0.737. The highest BCUT2D eigenvalue weighted by molar-refractivity contribution is 5.75. The van der Waals surface area contributed by atoms with Crippen molar-refractivity contribution in [2.24, 2.45) is 11.3 Å². The van der Waals surface area contributed by atoms with Crippen LogP contribution in [0.5, 0.6) is 0 Å². The van der Waals surface area contributed by atoms with E-state index in [-0.39, 0.29) is 17.5 Å². The lowest BCUT2D eigenvalue weighted by Crippen LogP contribution is -2.31. The fourth-order valence-electron chi connectivity index (χ4n) is 3.19. The summed E-state index contributed by atoms with van der Waals surface area (Å²) >= 11 is 0. The van der Waals surface area contributed by atoms with Crippen LogP contribution in [0.3, 0.4) is 0 Å². The van der Waals surface area contributed by atoms with Gasteiger partial charge in [0.25, 0.3) is 0 Å². The summed E-state index contributed by atoms with van der Waals surface area (Å²) in [5.74, 6) is -0.128. The molecule has 0 N–H and O–H groups in total. The summed E-state index contributed by atoms with van der Waals surface area (Å²) in [7, 11) is 0. The van der Waals surface area contributed by atoms with Crippen molar-refractivity contribution in [3.63, 3.8) is 0 Å². The lowest BCUT2D eigenvalue weighted by Gasteiger charge is -2.28. The smallest absolute Gasteiger partial charge is 0.313 e. The van der Waals surface area contributed by atoms with E-state index in [0.29, 0.717) is 5.41 Å². The van der Waals surface area contributed by atoms with E-state index < -0.39 is 0 Å². The van der Waals surface area contributed by atoms with E-state index in [1.165, 1.54) is 24.8 Å². The highest BCUT2D eigenvalue weighted by atomic mass is 16.6. The molecule has 0 aromatic carbocycles. The number of hydrogen-bond donors (Lipinski definition) is 0. The van der Waals surface area contributed by atoms with Gasteiger partial charge in [-0.15, -0.1) is 0 Å². The van der Waals surface area contributed by atoms with Gasteiger partial charge in [-0.05, 0) is 50.9 Å². The molecule has 0 aromatic heterocycles. The predicted octanol–water partition coefficient (Wildman–Crippen LogP) is 5.19. The number of ether oxygens (including phenoxy) is 1. The first-order valence-electron chi connectivity index (χ1n) is 8.44. The van der Waals surface area contributed by atoms with Gasteiger partial charge in [-0.3, -0.25) is 4.79 Å². The molecule has 0 spiro atoms. The predicted molar refractivity (Wildman–Crippen MR) is 87.0 cm³/mol. The van der Waals surface area contributed by atoms with E-state index in [4.69, 9.17) is 4.74 Å². The summed E-state index contributed by atoms with van der Waals surface area (Å²) < 4.78 is 5.78. The molecule has 0 amide bonds. The van der Waals surface area contributed by atoms with Crippen molar-refractivity contribution in [3.8, 4) is 0 Å². The van der Waals surface area contributed by atoms with Gasteiger partial charge in [0.1, 0.15) is 5.60 Å². The Balaban J connectivity index is 1.87. The number of carbonyl (C=O) groups is 1. The van der Waals surface area contributed by atoms with Gasteiger partial charge in [0.2, 0.25) is 0 Å². The van der Waals surface area contributed by atoms with Crippen LogP contribution in [0, 0.1) is 11.3 Å². The van der Waals surface area contributed by atoms with Crippen molar-refractivity contribution in [2.75, 3.05) is 0 Å². The van der Waals surface area contributed by atoms with Crippen LogP contribution in [-0.4, -0.2) is 11.6 Å². The van der Waals surface area contributed by atoms with Crippen molar-refractivity contribution >= 4 is 5.97 Å². The molecule has 0 aliphatic heterocycles. The average Bonchev–Trinajstić information content (AvgIpc) is 2.85. The van der Waals surface area contributed by atoms with Crippen LogP contribution in [0.4, 0.5) is 0 Å². The number of allylic oxidation sites excluding steroid dienone is 3. The molecular weight excluding hydrogens is 260 g/mol. The van der Waals surface area contributed by atoms with Gasteiger partial charge in [0.15, 0.2) is 0 Å². The molecule has 0 radical (unpaired) electrons.